The molecule has 22 heavy (non-hydrogen) atoms. The van der Waals surface area contributed by atoms with E-state index in [9.17, 15) is 5.11 Å². The average molecular weight is 302 g/mol. The predicted octanol–water partition coefficient (Wildman–Crippen LogP) is 1.36. The van der Waals surface area contributed by atoms with E-state index < -0.39 is 18.3 Å². The Morgan fingerprint density at radius 1 is 1.23 bits per heavy atom. The van der Waals surface area contributed by atoms with Crippen molar-refractivity contribution in [2.75, 3.05) is 6.61 Å². The Morgan fingerprint density at radius 2 is 1.91 bits per heavy atom. The molecule has 0 bridgehead atoms. The molecule has 8 heteroatoms. The lowest BCUT2D eigenvalue weighted by Gasteiger charge is -2.32. The van der Waals surface area contributed by atoms with Crippen molar-refractivity contribution in [2.24, 2.45) is 0 Å². The van der Waals surface area contributed by atoms with Crippen molar-refractivity contribution in [2.45, 2.75) is 38.9 Å². The molecule has 0 saturated carbocycles. The fraction of sp³-hybridized carbons (Fsp3) is 0.500. The number of aliphatic hydroxyl groups is 1. The van der Waals surface area contributed by atoms with Crippen molar-refractivity contribution in [3.05, 3.63) is 23.8 Å². The van der Waals surface area contributed by atoms with Gasteiger partial charge in [0.2, 0.25) is 0 Å². The summed E-state index contributed by atoms with van der Waals surface area (Å²) >= 11 is 0. The predicted molar refractivity (Wildman–Crippen MR) is 82.8 cm³/mol. The molecule has 0 amide bonds. The van der Waals surface area contributed by atoms with Crippen LogP contribution in [-0.2, 0) is 9.31 Å². The summed E-state index contributed by atoms with van der Waals surface area (Å²) in [6, 6.07) is 0. The highest BCUT2D eigenvalue weighted by atomic mass is 16.7. The van der Waals surface area contributed by atoms with Gasteiger partial charge in [-0.15, -0.1) is 0 Å². The van der Waals surface area contributed by atoms with Gasteiger partial charge in [-0.3, -0.25) is 0 Å². The molecule has 0 spiro atoms. The number of rotatable bonds is 3. The maximum absolute atomic E-state index is 9.71. The number of hydrogen-bond donors (Lipinski definition) is 2. The Hall–Kier alpha value is -1.77. The third kappa shape index (κ3) is 2.43. The Bertz CT molecular complexity index is 710. The van der Waals surface area contributed by atoms with E-state index in [0.717, 1.165) is 0 Å². The topological polar surface area (TPSA) is 93.2 Å². The zero-order valence-electron chi connectivity index (χ0n) is 13.1. The first kappa shape index (κ1) is 15.1. The van der Waals surface area contributed by atoms with E-state index in [0.29, 0.717) is 22.3 Å². The van der Waals surface area contributed by atoms with Gasteiger partial charge in [-0.05, 0) is 39.2 Å². The average Bonchev–Trinajstić information content (AvgIpc) is 2.99. The summed E-state index contributed by atoms with van der Waals surface area (Å²) in [5.41, 5.74) is 1.62. The number of imidazole rings is 1. The molecule has 7 nitrogen and oxygen atoms in total. The molecule has 1 aliphatic rings. The van der Waals surface area contributed by atoms with E-state index in [1.807, 2.05) is 27.7 Å². The van der Waals surface area contributed by atoms with Crippen LogP contribution in [0.4, 0.5) is 0 Å². The van der Waals surface area contributed by atoms with E-state index in [4.69, 9.17) is 9.31 Å². The molecule has 3 rings (SSSR count). The Kier molecular flexibility index (Phi) is 3.55. The van der Waals surface area contributed by atoms with Crippen LogP contribution < -0.4 is 0 Å². The lowest BCUT2D eigenvalue weighted by molar-refractivity contribution is 0.00578. The number of aliphatic hydroxyl groups excluding tert-OH is 1. The highest BCUT2D eigenvalue weighted by Crippen LogP contribution is 2.38. The minimum atomic E-state index is -0.608. The van der Waals surface area contributed by atoms with Crippen molar-refractivity contribution in [1.29, 1.82) is 0 Å². The van der Waals surface area contributed by atoms with Crippen molar-refractivity contribution >= 4 is 24.4 Å². The van der Waals surface area contributed by atoms with Crippen LogP contribution in [0.15, 0.2) is 18.1 Å². The van der Waals surface area contributed by atoms with E-state index in [1.165, 1.54) is 6.33 Å². The summed E-state index contributed by atoms with van der Waals surface area (Å²) in [5, 5.41) is 9.71. The summed E-state index contributed by atoms with van der Waals surface area (Å²) in [5.74, 6) is 0. The molecule has 0 unspecified atom stereocenters. The van der Waals surface area contributed by atoms with Crippen molar-refractivity contribution < 1.29 is 14.4 Å². The highest BCUT2D eigenvalue weighted by Gasteiger charge is 2.52. The summed E-state index contributed by atoms with van der Waals surface area (Å²) in [7, 11) is -0.608. The highest BCUT2D eigenvalue weighted by molar-refractivity contribution is 6.55. The third-order valence-electron chi connectivity index (χ3n) is 4.31. The van der Waals surface area contributed by atoms with Crippen LogP contribution in [0.25, 0.3) is 17.2 Å². The number of fused-ring (bicyclic) bond motifs is 1. The smallest absolute Gasteiger partial charge is 0.400 e. The molecular weight excluding hydrogens is 283 g/mol. The fourth-order valence-corrected chi connectivity index (χ4v) is 2.25. The van der Waals surface area contributed by atoms with E-state index in [-0.39, 0.29) is 6.61 Å². The second kappa shape index (κ2) is 5.15. The van der Waals surface area contributed by atoms with Gasteiger partial charge < -0.3 is 19.4 Å². The minimum absolute atomic E-state index is 0.184. The van der Waals surface area contributed by atoms with Crippen LogP contribution in [-0.4, -0.2) is 50.0 Å². The van der Waals surface area contributed by atoms with Crippen molar-refractivity contribution in [1.82, 2.24) is 19.9 Å². The first-order valence-electron chi connectivity index (χ1n) is 7.15. The SMILES string of the molecule is CC1(C)OB(C(=Cc2ncnc3nc[nH]c23)CO)OC1(C)C. The van der Waals surface area contributed by atoms with Gasteiger partial charge in [0.1, 0.15) is 11.8 Å². The van der Waals surface area contributed by atoms with Crippen LogP contribution in [0.1, 0.15) is 33.4 Å². The van der Waals surface area contributed by atoms with Gasteiger partial charge in [0.05, 0.1) is 29.8 Å². The lowest BCUT2D eigenvalue weighted by Crippen LogP contribution is -2.41. The third-order valence-corrected chi connectivity index (χ3v) is 4.31. The van der Waals surface area contributed by atoms with E-state index >= 15 is 0 Å². The van der Waals surface area contributed by atoms with Gasteiger partial charge in [-0.1, -0.05) is 0 Å². The quantitative estimate of drug-likeness (QED) is 0.832. The summed E-state index contributed by atoms with van der Waals surface area (Å²) in [6.07, 6.45) is 4.75. The maximum Gasteiger partial charge on any atom is 0.492 e. The van der Waals surface area contributed by atoms with Crippen LogP contribution in [0.3, 0.4) is 0 Å². The molecule has 2 aromatic rings. The molecule has 0 atom stereocenters. The van der Waals surface area contributed by atoms with Crippen LogP contribution >= 0.6 is 0 Å². The first-order chi connectivity index (χ1) is 10.3. The normalized spacial score (nSPS) is 20.8. The minimum Gasteiger partial charge on any atom is -0.400 e. The summed E-state index contributed by atoms with van der Waals surface area (Å²) in [6.45, 7) is 7.70. The van der Waals surface area contributed by atoms with E-state index in [2.05, 4.69) is 19.9 Å². The molecule has 1 saturated heterocycles. The zero-order chi connectivity index (χ0) is 16.0. The number of nitrogens with one attached hydrogen (secondary N) is 1. The Labute approximate surface area is 128 Å². The number of aromatic amines is 1. The van der Waals surface area contributed by atoms with Crippen LogP contribution in [0, 0.1) is 0 Å². The molecule has 2 aromatic heterocycles. The molecule has 116 valence electrons. The largest absolute Gasteiger partial charge is 0.492 e. The second-order valence-electron chi connectivity index (χ2n) is 6.33. The first-order valence-corrected chi connectivity index (χ1v) is 7.15. The van der Waals surface area contributed by atoms with Gasteiger partial charge in [-0.25, -0.2) is 15.0 Å². The summed E-state index contributed by atoms with van der Waals surface area (Å²) in [4.78, 5) is 15.4. The standard InChI is InChI=1S/C14H19BN4O3/c1-13(2)14(3,4)22-15(21-13)9(6-20)5-10-11-12(18-7-16-10)19-8-17-11/h5,7-8,20H,6H2,1-4H3,(H,16,17,18,19). The molecule has 0 radical (unpaired) electrons. The molecular formula is C14H19BN4O3. The number of H-pyrrole nitrogens is 1. The Balaban J connectivity index is 1.97. The molecule has 1 aliphatic heterocycles. The molecule has 3 heterocycles. The molecule has 0 aliphatic carbocycles. The lowest BCUT2D eigenvalue weighted by atomic mass is 9.78. The van der Waals surface area contributed by atoms with Gasteiger partial charge in [-0.2, -0.15) is 0 Å². The van der Waals surface area contributed by atoms with Crippen LogP contribution in [0.2, 0.25) is 0 Å². The summed E-state index contributed by atoms with van der Waals surface area (Å²) < 4.78 is 11.9. The fourth-order valence-electron chi connectivity index (χ4n) is 2.25. The maximum atomic E-state index is 9.71. The molecule has 1 fully saturated rings. The van der Waals surface area contributed by atoms with Gasteiger partial charge >= 0.3 is 7.12 Å². The van der Waals surface area contributed by atoms with Gasteiger partial charge in [0.15, 0.2) is 5.65 Å². The number of nitrogens with zero attached hydrogens (tertiary/aromatic N) is 3. The van der Waals surface area contributed by atoms with Crippen molar-refractivity contribution in [3.63, 3.8) is 0 Å². The van der Waals surface area contributed by atoms with Gasteiger partial charge in [0, 0.05) is 0 Å². The van der Waals surface area contributed by atoms with E-state index in [1.54, 1.807) is 12.4 Å². The second-order valence-corrected chi connectivity index (χ2v) is 6.33. The van der Waals surface area contributed by atoms with Gasteiger partial charge in [0.25, 0.3) is 0 Å². The monoisotopic (exact) mass is 302 g/mol. The number of hydrogen-bond acceptors (Lipinski definition) is 6. The van der Waals surface area contributed by atoms with Crippen molar-refractivity contribution in [3.8, 4) is 0 Å². The van der Waals surface area contributed by atoms with Crippen LogP contribution in [0.5, 0.6) is 0 Å². The molecule has 0 aromatic carbocycles. The molecule has 2 N–H and O–H groups in total. The Morgan fingerprint density at radius 3 is 2.55 bits per heavy atom. The zero-order valence-corrected chi connectivity index (χ0v) is 13.1. The number of aromatic nitrogens is 4.